The molecule has 2 fully saturated rings. The van der Waals surface area contributed by atoms with Crippen LogP contribution in [0.3, 0.4) is 0 Å². The van der Waals surface area contributed by atoms with Crippen molar-refractivity contribution in [2.45, 2.75) is 57.5 Å². The van der Waals surface area contributed by atoms with Crippen LogP contribution >= 0.6 is 0 Å². The molecule has 1 atom stereocenters. The fourth-order valence-corrected chi connectivity index (χ4v) is 5.03. The van der Waals surface area contributed by atoms with Gasteiger partial charge in [0.2, 0.25) is 0 Å². The first-order chi connectivity index (χ1) is 17.1. The minimum absolute atomic E-state index is 0.141. The number of hydrogen-bond acceptors (Lipinski definition) is 7. The number of morpholine rings is 1. The molecule has 184 valence electrons. The molecule has 10 nitrogen and oxygen atoms in total. The summed E-state index contributed by atoms with van der Waals surface area (Å²) in [6.45, 7) is 4.15. The smallest absolute Gasteiger partial charge is 0.284 e. The van der Waals surface area contributed by atoms with Gasteiger partial charge >= 0.3 is 0 Å². The van der Waals surface area contributed by atoms with Crippen LogP contribution in [0, 0.1) is 0 Å². The molecule has 6 rings (SSSR count). The fourth-order valence-electron chi connectivity index (χ4n) is 5.03. The van der Waals surface area contributed by atoms with Gasteiger partial charge in [0, 0.05) is 12.7 Å². The molecule has 1 saturated heterocycles. The molecule has 0 bridgehead atoms. The second-order valence-electron chi connectivity index (χ2n) is 9.25. The predicted molar refractivity (Wildman–Crippen MR) is 124 cm³/mol. The molecule has 2 aliphatic rings. The number of alkyl halides is 2. The minimum Gasteiger partial charge on any atom is -0.377 e. The molecule has 4 aromatic rings. The van der Waals surface area contributed by atoms with E-state index in [0.717, 1.165) is 38.0 Å². The molecule has 1 aliphatic carbocycles. The van der Waals surface area contributed by atoms with Crippen LogP contribution in [0.5, 0.6) is 0 Å². The van der Waals surface area contributed by atoms with Crippen molar-refractivity contribution in [3.63, 3.8) is 0 Å². The van der Waals surface area contributed by atoms with Crippen LogP contribution in [0.2, 0.25) is 0 Å². The summed E-state index contributed by atoms with van der Waals surface area (Å²) in [5.74, 6) is 0.830. The van der Waals surface area contributed by atoms with Crippen LogP contribution in [-0.2, 0) is 4.74 Å². The highest BCUT2D eigenvalue weighted by atomic mass is 19.3. The Morgan fingerprint density at radius 1 is 1.14 bits per heavy atom. The van der Waals surface area contributed by atoms with Gasteiger partial charge < -0.3 is 9.64 Å². The maximum Gasteiger partial charge on any atom is 0.284 e. The highest BCUT2D eigenvalue weighted by molar-refractivity contribution is 5.75. The van der Waals surface area contributed by atoms with E-state index in [-0.39, 0.29) is 23.5 Å². The largest absolute Gasteiger partial charge is 0.377 e. The van der Waals surface area contributed by atoms with Crippen molar-refractivity contribution in [3.8, 4) is 16.9 Å². The molecule has 1 saturated carbocycles. The molecule has 5 heterocycles. The third-order valence-electron chi connectivity index (χ3n) is 6.93. The average molecular weight is 484 g/mol. The maximum absolute atomic E-state index is 13.9. The van der Waals surface area contributed by atoms with E-state index in [9.17, 15) is 8.78 Å². The summed E-state index contributed by atoms with van der Waals surface area (Å²) < 4.78 is 38.0. The molecule has 4 aromatic heterocycles. The van der Waals surface area contributed by atoms with Crippen LogP contribution in [0.25, 0.3) is 22.6 Å². The van der Waals surface area contributed by atoms with E-state index in [1.165, 1.54) is 11.1 Å². The van der Waals surface area contributed by atoms with Gasteiger partial charge in [0.1, 0.15) is 17.2 Å². The molecule has 0 spiro atoms. The Hall–Kier alpha value is -3.41. The molecule has 12 heteroatoms. The van der Waals surface area contributed by atoms with Crippen LogP contribution in [0.4, 0.5) is 14.6 Å². The van der Waals surface area contributed by atoms with Crippen LogP contribution in [0.15, 0.2) is 30.9 Å². The lowest BCUT2D eigenvalue weighted by molar-refractivity contribution is 0.0985. The van der Waals surface area contributed by atoms with Crippen molar-refractivity contribution in [2.24, 2.45) is 0 Å². The van der Waals surface area contributed by atoms with Crippen molar-refractivity contribution in [1.29, 1.82) is 0 Å². The number of anilines is 1. The number of rotatable bonds is 5. The fraction of sp³-hybridized carbons (Fsp3) is 0.522. The number of nitrogens with zero attached hydrogens (tertiary/aromatic N) is 9. The molecular formula is C23H27F2N9O. The van der Waals surface area contributed by atoms with Crippen molar-refractivity contribution >= 4 is 11.5 Å². The van der Waals surface area contributed by atoms with E-state index in [1.807, 2.05) is 12.3 Å². The van der Waals surface area contributed by atoms with E-state index in [0.29, 0.717) is 30.1 Å². The summed E-state index contributed by atoms with van der Waals surface area (Å²) in [4.78, 5) is 7.04. The van der Waals surface area contributed by atoms with Crippen molar-refractivity contribution in [1.82, 2.24) is 39.4 Å². The van der Waals surface area contributed by atoms with Crippen LogP contribution in [0.1, 0.15) is 57.2 Å². The first kappa shape index (κ1) is 22.1. The average Bonchev–Trinajstić information content (AvgIpc) is 3.62. The normalized spacial score (nSPS) is 19.8. The van der Waals surface area contributed by atoms with E-state index >= 15 is 0 Å². The summed E-state index contributed by atoms with van der Waals surface area (Å²) in [5.41, 5.74) is 1.77. The molecule has 0 unspecified atom stereocenters. The van der Waals surface area contributed by atoms with Crippen molar-refractivity contribution < 1.29 is 13.5 Å². The van der Waals surface area contributed by atoms with Crippen molar-refractivity contribution in [2.75, 3.05) is 24.7 Å². The summed E-state index contributed by atoms with van der Waals surface area (Å²) in [7, 11) is 0. The number of ether oxygens (including phenoxy) is 1. The number of fused-ring (bicyclic) bond motifs is 1. The number of aromatic nitrogens is 8. The summed E-state index contributed by atoms with van der Waals surface area (Å²) in [6.07, 6.45) is 9.38. The Balaban J connectivity index is 1.35. The van der Waals surface area contributed by atoms with E-state index in [1.54, 1.807) is 27.8 Å². The Morgan fingerprint density at radius 3 is 2.80 bits per heavy atom. The van der Waals surface area contributed by atoms with Gasteiger partial charge in [-0.05, 0) is 25.8 Å². The first-order valence-corrected chi connectivity index (χ1v) is 12.1. The quantitative estimate of drug-likeness (QED) is 0.426. The van der Waals surface area contributed by atoms with E-state index in [2.05, 4.69) is 32.3 Å². The standard InChI is InChI=1S/C23H27F2N9O/c1-15-14-35-10-9-31(15)20-7-8-32-23(27-20)17(11-26-32)18-12-34(30-28-18)19-13-33(29-21(19)22(24)25)16-5-3-2-4-6-16/h7-8,11-13,15-16,22H,2-6,9-10,14H2,1H3/t15-/m0/s1. The molecule has 0 N–H and O–H groups in total. The maximum atomic E-state index is 13.9. The lowest BCUT2D eigenvalue weighted by atomic mass is 9.96. The Morgan fingerprint density at radius 2 is 2.00 bits per heavy atom. The summed E-state index contributed by atoms with van der Waals surface area (Å²) in [5, 5.41) is 17.1. The molecular weight excluding hydrogens is 456 g/mol. The first-order valence-electron chi connectivity index (χ1n) is 12.1. The highest BCUT2D eigenvalue weighted by Gasteiger charge is 2.26. The molecule has 0 radical (unpaired) electrons. The zero-order chi connectivity index (χ0) is 23.9. The van der Waals surface area contributed by atoms with Gasteiger partial charge in [0.05, 0.1) is 49.5 Å². The Bertz CT molecular complexity index is 1320. The highest BCUT2D eigenvalue weighted by Crippen LogP contribution is 2.32. The molecule has 1 aliphatic heterocycles. The lowest BCUT2D eigenvalue weighted by Crippen LogP contribution is -2.44. The monoisotopic (exact) mass is 483 g/mol. The van der Waals surface area contributed by atoms with Crippen molar-refractivity contribution in [3.05, 3.63) is 36.5 Å². The van der Waals surface area contributed by atoms with E-state index in [4.69, 9.17) is 9.72 Å². The zero-order valence-corrected chi connectivity index (χ0v) is 19.5. The van der Waals surface area contributed by atoms with Gasteiger partial charge in [-0.15, -0.1) is 5.10 Å². The number of halogens is 2. The van der Waals surface area contributed by atoms with Gasteiger partial charge in [0.15, 0.2) is 11.3 Å². The third-order valence-corrected chi connectivity index (χ3v) is 6.93. The van der Waals surface area contributed by atoms with Crippen LogP contribution in [-0.4, -0.2) is 65.2 Å². The number of hydrogen-bond donors (Lipinski definition) is 0. The zero-order valence-electron chi connectivity index (χ0n) is 19.5. The minimum atomic E-state index is -2.71. The van der Waals surface area contributed by atoms with Gasteiger partial charge in [-0.3, -0.25) is 4.68 Å². The molecule has 35 heavy (non-hydrogen) atoms. The summed E-state index contributed by atoms with van der Waals surface area (Å²) in [6, 6.07) is 2.28. The third kappa shape index (κ3) is 4.05. The SMILES string of the molecule is C[C@H]1COCCN1c1ccn2ncc(-c3cn(-c4cn(C5CCCCC5)nc4C(F)F)nn3)c2n1. The topological polar surface area (TPSA) is 91.2 Å². The van der Waals surface area contributed by atoms with Gasteiger partial charge in [-0.2, -0.15) is 10.2 Å². The van der Waals surface area contributed by atoms with Gasteiger partial charge in [-0.1, -0.05) is 24.5 Å². The van der Waals surface area contributed by atoms with Gasteiger partial charge in [-0.25, -0.2) is 23.0 Å². The summed E-state index contributed by atoms with van der Waals surface area (Å²) >= 11 is 0. The molecule has 0 amide bonds. The molecule has 0 aromatic carbocycles. The van der Waals surface area contributed by atoms with Crippen LogP contribution < -0.4 is 4.90 Å². The Labute approximate surface area is 200 Å². The lowest BCUT2D eigenvalue weighted by Gasteiger charge is -2.34. The predicted octanol–water partition coefficient (Wildman–Crippen LogP) is 3.84. The second-order valence-corrected chi connectivity index (χ2v) is 9.25. The Kier molecular flexibility index (Phi) is 5.67. The van der Waals surface area contributed by atoms with Gasteiger partial charge in [0.25, 0.3) is 6.43 Å². The second kappa shape index (κ2) is 8.99. The van der Waals surface area contributed by atoms with E-state index < -0.39 is 6.43 Å².